The minimum Gasteiger partial charge on any atom is -0.493 e. The first-order valence-corrected chi connectivity index (χ1v) is 7.67. The number of hydrogen-bond donors (Lipinski definition) is 1. The zero-order valence-corrected chi connectivity index (χ0v) is 11.7. The molecule has 2 aliphatic carbocycles. The van der Waals surface area contributed by atoms with E-state index in [1.807, 2.05) is 6.07 Å². The number of rotatable bonds is 6. The van der Waals surface area contributed by atoms with Crippen molar-refractivity contribution >= 4 is 0 Å². The number of fused-ring (bicyclic) bond motifs is 1. The first-order chi connectivity index (χ1) is 9.88. The van der Waals surface area contributed by atoms with Crippen LogP contribution in [0.1, 0.15) is 37.7 Å². The molecule has 2 fully saturated rings. The lowest BCUT2D eigenvalue weighted by atomic mass is 9.86. The highest BCUT2D eigenvalue weighted by Gasteiger charge is 2.24. The van der Waals surface area contributed by atoms with Gasteiger partial charge < -0.3 is 19.5 Å². The van der Waals surface area contributed by atoms with Gasteiger partial charge >= 0.3 is 0 Å². The van der Waals surface area contributed by atoms with Crippen LogP contribution < -0.4 is 19.5 Å². The van der Waals surface area contributed by atoms with Crippen molar-refractivity contribution in [1.29, 1.82) is 0 Å². The van der Waals surface area contributed by atoms with Crippen LogP contribution in [0.4, 0.5) is 0 Å². The number of benzene rings is 1. The maximum absolute atomic E-state index is 6.04. The Morgan fingerprint density at radius 3 is 2.60 bits per heavy atom. The summed E-state index contributed by atoms with van der Waals surface area (Å²) >= 11 is 0. The summed E-state index contributed by atoms with van der Waals surface area (Å²) in [4.78, 5) is 0. The van der Waals surface area contributed by atoms with E-state index >= 15 is 0 Å². The standard InChI is InChI=1S/C16H21NO3/c1-2-11(3-1)9-18-14-7-16-15(19-10-20-16)6-12(14)8-17-13-4-5-13/h6-7,11,13,17H,1-5,8-10H2. The van der Waals surface area contributed by atoms with Gasteiger partial charge in [-0.05, 0) is 37.7 Å². The summed E-state index contributed by atoms with van der Waals surface area (Å²) in [6.07, 6.45) is 6.55. The van der Waals surface area contributed by atoms with Gasteiger partial charge in [-0.2, -0.15) is 0 Å². The van der Waals surface area contributed by atoms with Crippen LogP contribution in [0.3, 0.4) is 0 Å². The average Bonchev–Trinajstić information content (AvgIpc) is 3.12. The van der Waals surface area contributed by atoms with E-state index in [9.17, 15) is 0 Å². The lowest BCUT2D eigenvalue weighted by Crippen LogP contribution is -2.21. The second kappa shape index (κ2) is 5.17. The summed E-state index contributed by atoms with van der Waals surface area (Å²) in [6.45, 7) is 1.99. The van der Waals surface area contributed by atoms with Crippen molar-refractivity contribution in [3.05, 3.63) is 17.7 Å². The van der Waals surface area contributed by atoms with Gasteiger partial charge in [0.15, 0.2) is 11.5 Å². The molecule has 0 bridgehead atoms. The molecule has 4 nitrogen and oxygen atoms in total. The number of hydrogen-bond acceptors (Lipinski definition) is 4. The Kier molecular flexibility index (Phi) is 3.19. The Morgan fingerprint density at radius 2 is 1.90 bits per heavy atom. The van der Waals surface area contributed by atoms with Crippen LogP contribution in [0.25, 0.3) is 0 Å². The summed E-state index contributed by atoms with van der Waals surface area (Å²) in [5, 5.41) is 3.54. The normalized spacial score (nSPS) is 20.8. The molecule has 0 amide bonds. The molecule has 1 heterocycles. The zero-order chi connectivity index (χ0) is 13.4. The minimum atomic E-state index is 0.316. The Morgan fingerprint density at radius 1 is 1.10 bits per heavy atom. The highest BCUT2D eigenvalue weighted by molar-refractivity contribution is 5.51. The molecule has 4 rings (SSSR count). The van der Waals surface area contributed by atoms with Gasteiger partial charge in [0.25, 0.3) is 0 Å². The maximum atomic E-state index is 6.04. The van der Waals surface area contributed by atoms with Crippen LogP contribution in [0.2, 0.25) is 0 Å². The zero-order valence-electron chi connectivity index (χ0n) is 11.7. The molecular formula is C16H21NO3. The third-order valence-electron chi connectivity index (χ3n) is 4.41. The maximum Gasteiger partial charge on any atom is 0.231 e. The molecule has 20 heavy (non-hydrogen) atoms. The van der Waals surface area contributed by atoms with Crippen molar-refractivity contribution in [2.75, 3.05) is 13.4 Å². The van der Waals surface area contributed by atoms with Crippen LogP contribution in [0.5, 0.6) is 17.2 Å². The molecule has 4 heteroatoms. The van der Waals surface area contributed by atoms with E-state index in [4.69, 9.17) is 14.2 Å². The van der Waals surface area contributed by atoms with E-state index in [0.29, 0.717) is 12.8 Å². The second-order valence-electron chi connectivity index (χ2n) is 6.08. The van der Waals surface area contributed by atoms with Crippen molar-refractivity contribution in [2.24, 2.45) is 5.92 Å². The Hall–Kier alpha value is -1.42. The summed E-state index contributed by atoms with van der Waals surface area (Å²) in [6, 6.07) is 4.75. The number of ether oxygens (including phenoxy) is 3. The molecule has 1 N–H and O–H groups in total. The van der Waals surface area contributed by atoms with Gasteiger partial charge in [0.05, 0.1) is 6.61 Å². The molecule has 0 radical (unpaired) electrons. The Labute approximate surface area is 119 Å². The van der Waals surface area contributed by atoms with E-state index in [0.717, 1.165) is 36.3 Å². The first-order valence-electron chi connectivity index (χ1n) is 7.67. The lowest BCUT2D eigenvalue weighted by molar-refractivity contribution is 0.172. The van der Waals surface area contributed by atoms with Crippen LogP contribution >= 0.6 is 0 Å². The number of nitrogens with one attached hydrogen (secondary N) is 1. The van der Waals surface area contributed by atoms with Crippen molar-refractivity contribution in [1.82, 2.24) is 5.32 Å². The topological polar surface area (TPSA) is 39.7 Å². The van der Waals surface area contributed by atoms with Crippen LogP contribution in [0, 0.1) is 5.92 Å². The van der Waals surface area contributed by atoms with Crippen LogP contribution in [-0.2, 0) is 6.54 Å². The summed E-state index contributed by atoms with van der Waals surface area (Å²) in [7, 11) is 0. The van der Waals surface area contributed by atoms with Crippen molar-refractivity contribution < 1.29 is 14.2 Å². The van der Waals surface area contributed by atoms with E-state index in [1.165, 1.54) is 37.7 Å². The molecule has 0 aromatic heterocycles. The van der Waals surface area contributed by atoms with Crippen LogP contribution in [-0.4, -0.2) is 19.4 Å². The smallest absolute Gasteiger partial charge is 0.231 e. The molecule has 3 aliphatic rings. The van der Waals surface area contributed by atoms with Crippen molar-refractivity contribution in [2.45, 2.75) is 44.7 Å². The van der Waals surface area contributed by atoms with Gasteiger partial charge in [-0.25, -0.2) is 0 Å². The third-order valence-corrected chi connectivity index (χ3v) is 4.41. The van der Waals surface area contributed by atoms with E-state index in [2.05, 4.69) is 11.4 Å². The highest BCUT2D eigenvalue weighted by atomic mass is 16.7. The van der Waals surface area contributed by atoms with Gasteiger partial charge in [0.1, 0.15) is 5.75 Å². The molecule has 0 unspecified atom stereocenters. The minimum absolute atomic E-state index is 0.316. The molecule has 1 aromatic carbocycles. The molecular weight excluding hydrogens is 254 g/mol. The summed E-state index contributed by atoms with van der Waals surface area (Å²) in [5.41, 5.74) is 1.18. The SMILES string of the molecule is c1c(CNC2CC2)c(OCC2CCC2)cc2c1OCO2. The predicted octanol–water partition coefficient (Wildman–Crippen LogP) is 2.85. The lowest BCUT2D eigenvalue weighted by Gasteiger charge is -2.25. The fourth-order valence-corrected chi connectivity index (χ4v) is 2.65. The van der Waals surface area contributed by atoms with Crippen LogP contribution in [0.15, 0.2) is 12.1 Å². The van der Waals surface area contributed by atoms with Gasteiger partial charge in [-0.1, -0.05) is 6.42 Å². The molecule has 2 saturated carbocycles. The molecule has 0 spiro atoms. The summed E-state index contributed by atoms with van der Waals surface area (Å²) in [5.74, 6) is 3.34. The molecule has 0 saturated heterocycles. The molecule has 108 valence electrons. The van der Waals surface area contributed by atoms with Gasteiger partial charge in [-0.15, -0.1) is 0 Å². The fraction of sp³-hybridized carbons (Fsp3) is 0.625. The van der Waals surface area contributed by atoms with Gasteiger partial charge in [-0.3, -0.25) is 0 Å². The Bertz CT molecular complexity index is 495. The molecule has 1 aromatic rings. The van der Waals surface area contributed by atoms with Crippen molar-refractivity contribution in [3.8, 4) is 17.2 Å². The van der Waals surface area contributed by atoms with Gasteiger partial charge in [0.2, 0.25) is 6.79 Å². The third kappa shape index (κ3) is 2.57. The predicted molar refractivity (Wildman–Crippen MR) is 75.3 cm³/mol. The summed E-state index contributed by atoms with van der Waals surface area (Å²) < 4.78 is 17.0. The molecule has 0 atom stereocenters. The van der Waals surface area contributed by atoms with E-state index < -0.39 is 0 Å². The first kappa shape index (κ1) is 12.3. The molecule has 1 aliphatic heterocycles. The highest BCUT2D eigenvalue weighted by Crippen LogP contribution is 2.39. The van der Waals surface area contributed by atoms with Crippen molar-refractivity contribution in [3.63, 3.8) is 0 Å². The average molecular weight is 275 g/mol. The van der Waals surface area contributed by atoms with Gasteiger partial charge in [0, 0.05) is 24.2 Å². The monoisotopic (exact) mass is 275 g/mol. The van der Waals surface area contributed by atoms with E-state index in [1.54, 1.807) is 0 Å². The van der Waals surface area contributed by atoms with E-state index in [-0.39, 0.29) is 0 Å². The Balaban J connectivity index is 1.49. The second-order valence-corrected chi connectivity index (χ2v) is 6.08. The fourth-order valence-electron chi connectivity index (χ4n) is 2.65. The largest absolute Gasteiger partial charge is 0.493 e. The quantitative estimate of drug-likeness (QED) is 0.866.